The average molecular weight is 329 g/mol. The molecule has 0 unspecified atom stereocenters. The number of hydrogen-bond donors (Lipinski definition) is 0. The molecule has 1 atom stereocenters. The van der Waals surface area contributed by atoms with Crippen LogP contribution in [-0.4, -0.2) is 34.6 Å². The molecule has 6 heteroatoms. The first kappa shape index (κ1) is 16.6. The van der Waals surface area contributed by atoms with Crippen LogP contribution in [0.5, 0.6) is 0 Å². The maximum Gasteiger partial charge on any atom is 0.229 e. The van der Waals surface area contributed by atoms with Crippen molar-refractivity contribution in [2.75, 3.05) is 13.7 Å². The largest absolute Gasteiger partial charge is 0.371 e. The summed E-state index contributed by atoms with van der Waals surface area (Å²) in [4.78, 5) is 18.4. The molecule has 128 valence electrons. The van der Waals surface area contributed by atoms with Gasteiger partial charge in [-0.1, -0.05) is 29.4 Å². The van der Waals surface area contributed by atoms with E-state index in [4.69, 9.17) is 9.26 Å². The number of aromatic nitrogens is 2. The van der Waals surface area contributed by atoms with E-state index in [9.17, 15) is 4.79 Å². The molecule has 1 amide bonds. The maximum absolute atomic E-state index is 12.1. The average Bonchev–Trinajstić information content (AvgIpc) is 3.04. The van der Waals surface area contributed by atoms with Gasteiger partial charge in [-0.15, -0.1) is 0 Å². The Hall–Kier alpha value is -2.21. The van der Waals surface area contributed by atoms with Crippen molar-refractivity contribution >= 4 is 5.91 Å². The number of methoxy groups -OCH3 is 1. The summed E-state index contributed by atoms with van der Waals surface area (Å²) in [5.74, 6) is 1.09. The molecule has 6 nitrogen and oxygen atoms in total. The molecular weight excluding hydrogens is 306 g/mol. The van der Waals surface area contributed by atoms with Crippen LogP contribution in [0, 0.1) is 0 Å². The molecule has 2 aromatic rings. The number of fused-ring (bicyclic) bond motifs is 1. The maximum atomic E-state index is 12.1. The minimum atomic E-state index is -0.605. The number of ether oxygens (including phenoxy) is 1. The first-order valence-electron chi connectivity index (χ1n) is 8.15. The second kappa shape index (κ2) is 6.36. The zero-order valence-corrected chi connectivity index (χ0v) is 14.6. The SMILES string of the molecule is COC(C)(C)c1noc(C[C@@H]2c3ccccc3CCN2C(C)=O)n1. The van der Waals surface area contributed by atoms with Crippen molar-refractivity contribution in [3.8, 4) is 0 Å². The summed E-state index contributed by atoms with van der Waals surface area (Å²) in [5, 5.41) is 4.04. The smallest absolute Gasteiger partial charge is 0.229 e. The molecule has 24 heavy (non-hydrogen) atoms. The van der Waals surface area contributed by atoms with Gasteiger partial charge in [0.15, 0.2) is 0 Å². The van der Waals surface area contributed by atoms with Crippen LogP contribution in [0.4, 0.5) is 0 Å². The van der Waals surface area contributed by atoms with E-state index in [1.807, 2.05) is 30.9 Å². The summed E-state index contributed by atoms with van der Waals surface area (Å²) in [7, 11) is 1.62. The van der Waals surface area contributed by atoms with E-state index < -0.39 is 5.60 Å². The molecule has 0 saturated heterocycles. The molecule has 0 saturated carbocycles. The molecular formula is C18H23N3O3. The highest BCUT2D eigenvalue weighted by Gasteiger charge is 2.32. The Morgan fingerprint density at radius 2 is 2.17 bits per heavy atom. The Bertz CT molecular complexity index is 739. The number of carbonyl (C=O) groups excluding carboxylic acids is 1. The van der Waals surface area contributed by atoms with Crippen LogP contribution in [-0.2, 0) is 28.0 Å². The zero-order valence-electron chi connectivity index (χ0n) is 14.6. The van der Waals surface area contributed by atoms with Crippen LogP contribution in [0.2, 0.25) is 0 Å². The number of rotatable bonds is 4. The Morgan fingerprint density at radius 1 is 1.42 bits per heavy atom. The van der Waals surface area contributed by atoms with E-state index >= 15 is 0 Å². The quantitative estimate of drug-likeness (QED) is 0.862. The fourth-order valence-corrected chi connectivity index (χ4v) is 3.09. The third-order valence-corrected chi connectivity index (χ3v) is 4.70. The van der Waals surface area contributed by atoms with Gasteiger partial charge in [0.1, 0.15) is 5.60 Å². The first-order chi connectivity index (χ1) is 11.4. The fourth-order valence-electron chi connectivity index (χ4n) is 3.09. The van der Waals surface area contributed by atoms with Gasteiger partial charge >= 0.3 is 0 Å². The van der Waals surface area contributed by atoms with Crippen LogP contribution < -0.4 is 0 Å². The predicted octanol–water partition coefficient (Wildman–Crippen LogP) is 2.64. The van der Waals surface area contributed by atoms with Crippen molar-refractivity contribution in [2.45, 2.75) is 45.3 Å². The van der Waals surface area contributed by atoms with E-state index in [-0.39, 0.29) is 11.9 Å². The van der Waals surface area contributed by atoms with E-state index in [2.05, 4.69) is 22.3 Å². The molecule has 0 fully saturated rings. The summed E-state index contributed by atoms with van der Waals surface area (Å²) in [6, 6.07) is 8.15. The summed E-state index contributed by atoms with van der Waals surface area (Å²) in [6.07, 6.45) is 1.38. The van der Waals surface area contributed by atoms with E-state index in [0.717, 1.165) is 12.0 Å². The van der Waals surface area contributed by atoms with Crippen molar-refractivity contribution in [3.05, 3.63) is 47.1 Å². The van der Waals surface area contributed by atoms with Crippen molar-refractivity contribution < 1.29 is 14.1 Å². The summed E-state index contributed by atoms with van der Waals surface area (Å²) < 4.78 is 10.8. The molecule has 0 radical (unpaired) electrons. The lowest BCUT2D eigenvalue weighted by atomic mass is 9.90. The van der Waals surface area contributed by atoms with Crippen LogP contribution in [0.1, 0.15) is 49.7 Å². The Labute approximate surface area is 141 Å². The van der Waals surface area contributed by atoms with Crippen LogP contribution >= 0.6 is 0 Å². The third kappa shape index (κ3) is 3.06. The zero-order chi connectivity index (χ0) is 17.3. The topological polar surface area (TPSA) is 68.5 Å². The van der Waals surface area contributed by atoms with Crippen molar-refractivity contribution in [2.24, 2.45) is 0 Å². The van der Waals surface area contributed by atoms with Gasteiger partial charge in [0.05, 0.1) is 12.5 Å². The highest BCUT2D eigenvalue weighted by Crippen LogP contribution is 2.32. The fraction of sp³-hybridized carbons (Fsp3) is 0.500. The second-order valence-electron chi connectivity index (χ2n) is 6.61. The van der Waals surface area contributed by atoms with Crippen LogP contribution in [0.3, 0.4) is 0 Å². The van der Waals surface area contributed by atoms with Gasteiger partial charge in [-0.25, -0.2) is 0 Å². The standard InChI is InChI=1S/C18H23N3O3/c1-12(22)21-10-9-13-7-5-6-8-14(13)15(21)11-16-19-17(20-24-16)18(2,3)23-4/h5-8,15H,9-11H2,1-4H3/t15-/m1/s1. The highest BCUT2D eigenvalue weighted by atomic mass is 16.5. The van der Waals surface area contributed by atoms with Gasteiger partial charge in [-0.3, -0.25) is 4.79 Å². The van der Waals surface area contributed by atoms with Crippen LogP contribution in [0.15, 0.2) is 28.8 Å². The monoisotopic (exact) mass is 329 g/mol. The Morgan fingerprint density at radius 3 is 2.88 bits per heavy atom. The molecule has 0 N–H and O–H groups in total. The number of nitrogens with zero attached hydrogens (tertiary/aromatic N) is 3. The Kier molecular flexibility index (Phi) is 4.41. The number of carbonyl (C=O) groups is 1. The normalized spacial score (nSPS) is 17.7. The van der Waals surface area contributed by atoms with E-state index in [1.165, 1.54) is 5.56 Å². The first-order valence-corrected chi connectivity index (χ1v) is 8.15. The van der Waals surface area contributed by atoms with Crippen LogP contribution in [0.25, 0.3) is 0 Å². The van der Waals surface area contributed by atoms with Gasteiger partial charge in [0.2, 0.25) is 17.6 Å². The minimum absolute atomic E-state index is 0.0615. The lowest BCUT2D eigenvalue weighted by Crippen LogP contribution is -2.39. The van der Waals surface area contributed by atoms with Gasteiger partial charge in [-0.05, 0) is 31.4 Å². The van der Waals surface area contributed by atoms with Crippen molar-refractivity contribution in [1.29, 1.82) is 0 Å². The van der Waals surface area contributed by atoms with Gasteiger partial charge < -0.3 is 14.2 Å². The summed E-state index contributed by atoms with van der Waals surface area (Å²) in [6.45, 7) is 6.09. The van der Waals surface area contributed by atoms with Gasteiger partial charge in [-0.2, -0.15) is 4.98 Å². The lowest BCUT2D eigenvalue weighted by molar-refractivity contribution is -0.131. The lowest BCUT2D eigenvalue weighted by Gasteiger charge is -2.36. The minimum Gasteiger partial charge on any atom is -0.371 e. The predicted molar refractivity (Wildman–Crippen MR) is 88.3 cm³/mol. The number of amides is 1. The third-order valence-electron chi connectivity index (χ3n) is 4.70. The van der Waals surface area contributed by atoms with E-state index in [0.29, 0.717) is 24.7 Å². The molecule has 0 aliphatic carbocycles. The number of hydrogen-bond acceptors (Lipinski definition) is 5. The summed E-state index contributed by atoms with van der Waals surface area (Å²) >= 11 is 0. The van der Waals surface area contributed by atoms with Crippen molar-refractivity contribution in [3.63, 3.8) is 0 Å². The molecule has 0 spiro atoms. The second-order valence-corrected chi connectivity index (χ2v) is 6.61. The molecule has 1 aromatic heterocycles. The Balaban J connectivity index is 1.90. The van der Waals surface area contributed by atoms with Gasteiger partial charge in [0, 0.05) is 20.6 Å². The molecule has 2 heterocycles. The van der Waals surface area contributed by atoms with Crippen molar-refractivity contribution in [1.82, 2.24) is 15.0 Å². The molecule has 1 aliphatic heterocycles. The molecule has 3 rings (SSSR count). The molecule has 1 aromatic carbocycles. The molecule has 1 aliphatic rings. The number of benzene rings is 1. The van der Waals surface area contributed by atoms with E-state index in [1.54, 1.807) is 14.0 Å². The summed E-state index contributed by atoms with van der Waals surface area (Å²) in [5.41, 5.74) is 1.83. The highest BCUT2D eigenvalue weighted by molar-refractivity contribution is 5.74. The van der Waals surface area contributed by atoms with Gasteiger partial charge in [0.25, 0.3) is 0 Å². The molecule has 0 bridgehead atoms.